The predicted octanol–water partition coefficient (Wildman–Crippen LogP) is 6.38. The standard InChI is InChI=1S/C25H19BrN4O4S2/c1-32-18-10-14(11-19(33-2)22(18)34-3)13-27-30(25-29-17-9-8-15(26)12-21(17)36-25)24(31)23-28-16-6-4-5-7-20(16)35-23/h4-13H,1-3H3/b27-13+. The largest absolute Gasteiger partial charge is 0.493 e. The Balaban J connectivity index is 1.59. The molecular weight excluding hydrogens is 564 g/mol. The first kappa shape index (κ1) is 24.2. The van der Waals surface area contributed by atoms with Crippen LogP contribution in [0.5, 0.6) is 17.2 Å². The molecule has 0 aliphatic heterocycles. The fraction of sp³-hybridized carbons (Fsp3) is 0.120. The van der Waals surface area contributed by atoms with Gasteiger partial charge in [-0.1, -0.05) is 39.4 Å². The van der Waals surface area contributed by atoms with Crippen molar-refractivity contribution in [3.05, 3.63) is 69.6 Å². The summed E-state index contributed by atoms with van der Waals surface area (Å²) < 4.78 is 19.0. The first-order valence-electron chi connectivity index (χ1n) is 10.6. The highest BCUT2D eigenvalue weighted by atomic mass is 79.9. The molecule has 0 bridgehead atoms. The Morgan fingerprint density at radius 2 is 1.64 bits per heavy atom. The molecule has 3 aromatic carbocycles. The molecule has 5 aromatic rings. The van der Waals surface area contributed by atoms with Crippen molar-refractivity contribution in [2.24, 2.45) is 5.10 Å². The number of rotatable bonds is 7. The third-order valence-electron chi connectivity index (χ3n) is 5.20. The van der Waals surface area contributed by atoms with Crippen LogP contribution in [-0.4, -0.2) is 43.4 Å². The molecule has 36 heavy (non-hydrogen) atoms. The van der Waals surface area contributed by atoms with Gasteiger partial charge < -0.3 is 14.2 Å². The van der Waals surface area contributed by atoms with Gasteiger partial charge in [0.05, 0.1) is 48.0 Å². The second-order valence-electron chi connectivity index (χ2n) is 7.42. The number of amides is 1. The van der Waals surface area contributed by atoms with Crippen LogP contribution in [0.15, 0.2) is 64.2 Å². The predicted molar refractivity (Wildman–Crippen MR) is 147 cm³/mol. The highest BCUT2D eigenvalue weighted by Gasteiger charge is 2.24. The lowest BCUT2D eigenvalue weighted by atomic mass is 10.2. The van der Waals surface area contributed by atoms with E-state index in [0.29, 0.717) is 33.0 Å². The number of carbonyl (C=O) groups excluding carboxylic acids is 1. The number of thiazole rings is 2. The Morgan fingerprint density at radius 1 is 0.917 bits per heavy atom. The Kier molecular flexibility index (Phi) is 6.86. The molecule has 0 N–H and O–H groups in total. The van der Waals surface area contributed by atoms with Gasteiger partial charge in [-0.05, 0) is 42.5 Å². The maximum Gasteiger partial charge on any atom is 0.309 e. The summed E-state index contributed by atoms with van der Waals surface area (Å²) in [6, 6.07) is 16.9. The first-order valence-corrected chi connectivity index (χ1v) is 13.0. The van der Waals surface area contributed by atoms with E-state index in [2.05, 4.69) is 31.0 Å². The van der Waals surface area contributed by atoms with Gasteiger partial charge in [0.2, 0.25) is 10.9 Å². The van der Waals surface area contributed by atoms with E-state index in [1.807, 2.05) is 42.5 Å². The van der Waals surface area contributed by atoms with Crippen molar-refractivity contribution in [3.8, 4) is 17.2 Å². The van der Waals surface area contributed by atoms with E-state index >= 15 is 0 Å². The van der Waals surface area contributed by atoms with Gasteiger partial charge in [0, 0.05) is 10.0 Å². The summed E-state index contributed by atoms with van der Waals surface area (Å²) in [5.41, 5.74) is 2.17. The molecule has 0 spiro atoms. The van der Waals surface area contributed by atoms with Gasteiger partial charge in [-0.2, -0.15) is 10.1 Å². The number of hydrogen-bond acceptors (Lipinski definition) is 9. The number of benzene rings is 3. The van der Waals surface area contributed by atoms with Crippen LogP contribution in [0.3, 0.4) is 0 Å². The summed E-state index contributed by atoms with van der Waals surface area (Å²) in [6.45, 7) is 0. The monoisotopic (exact) mass is 582 g/mol. The Morgan fingerprint density at radius 3 is 2.33 bits per heavy atom. The second-order valence-corrected chi connectivity index (χ2v) is 10.4. The minimum atomic E-state index is -0.377. The molecule has 182 valence electrons. The summed E-state index contributed by atoms with van der Waals surface area (Å²) in [6.07, 6.45) is 1.55. The summed E-state index contributed by atoms with van der Waals surface area (Å²) in [5.74, 6) is 1.05. The zero-order valence-corrected chi connectivity index (χ0v) is 22.6. The van der Waals surface area contributed by atoms with Gasteiger partial charge in [0.25, 0.3) is 0 Å². The third-order valence-corrected chi connectivity index (χ3v) is 7.71. The molecule has 8 nitrogen and oxygen atoms in total. The van der Waals surface area contributed by atoms with Crippen LogP contribution < -0.4 is 19.2 Å². The lowest BCUT2D eigenvalue weighted by molar-refractivity contribution is 0.0987. The number of methoxy groups -OCH3 is 3. The number of para-hydroxylation sites is 1. The van der Waals surface area contributed by atoms with Crippen molar-refractivity contribution < 1.29 is 19.0 Å². The van der Waals surface area contributed by atoms with E-state index in [4.69, 9.17) is 14.2 Å². The van der Waals surface area contributed by atoms with Gasteiger partial charge in [-0.25, -0.2) is 9.97 Å². The molecule has 0 fully saturated rings. The molecule has 0 atom stereocenters. The Hall–Kier alpha value is -3.54. The molecule has 11 heteroatoms. The number of fused-ring (bicyclic) bond motifs is 2. The van der Waals surface area contributed by atoms with E-state index in [9.17, 15) is 4.79 Å². The van der Waals surface area contributed by atoms with E-state index in [1.54, 1.807) is 32.6 Å². The molecule has 0 radical (unpaired) electrons. The van der Waals surface area contributed by atoms with E-state index < -0.39 is 0 Å². The van der Waals surface area contributed by atoms with E-state index in [-0.39, 0.29) is 5.91 Å². The molecule has 0 aliphatic rings. The number of carbonyl (C=O) groups is 1. The van der Waals surface area contributed by atoms with Gasteiger partial charge in [-0.3, -0.25) is 4.79 Å². The molecule has 1 amide bonds. The third kappa shape index (κ3) is 4.64. The fourth-order valence-electron chi connectivity index (χ4n) is 3.52. The highest BCUT2D eigenvalue weighted by molar-refractivity contribution is 9.10. The van der Waals surface area contributed by atoms with Crippen molar-refractivity contribution in [2.75, 3.05) is 26.3 Å². The summed E-state index contributed by atoms with van der Waals surface area (Å²) in [7, 11) is 4.62. The minimum absolute atomic E-state index is 0.318. The van der Waals surface area contributed by atoms with Crippen molar-refractivity contribution in [2.45, 2.75) is 0 Å². The number of nitrogens with zero attached hydrogens (tertiary/aromatic N) is 4. The molecule has 0 saturated heterocycles. The van der Waals surface area contributed by atoms with Crippen LogP contribution in [0.25, 0.3) is 20.4 Å². The van der Waals surface area contributed by atoms with Crippen LogP contribution >= 0.6 is 38.6 Å². The molecule has 2 aromatic heterocycles. The van der Waals surface area contributed by atoms with Crippen molar-refractivity contribution >= 4 is 76.3 Å². The zero-order valence-electron chi connectivity index (χ0n) is 19.4. The number of hydrazone groups is 1. The first-order chi connectivity index (χ1) is 17.5. The van der Waals surface area contributed by atoms with E-state index in [0.717, 1.165) is 24.9 Å². The maximum atomic E-state index is 13.7. The van der Waals surface area contributed by atoms with Gasteiger partial charge >= 0.3 is 5.91 Å². The molecule has 2 heterocycles. The molecular formula is C25H19BrN4O4S2. The average Bonchev–Trinajstić information content (AvgIpc) is 3.51. The number of hydrogen-bond donors (Lipinski definition) is 0. The van der Waals surface area contributed by atoms with Crippen LogP contribution in [-0.2, 0) is 0 Å². The van der Waals surface area contributed by atoms with Crippen molar-refractivity contribution in [1.29, 1.82) is 0 Å². The minimum Gasteiger partial charge on any atom is -0.493 e. The molecule has 5 rings (SSSR count). The molecule has 0 saturated carbocycles. The Labute approximate surface area is 222 Å². The highest BCUT2D eigenvalue weighted by Crippen LogP contribution is 2.38. The van der Waals surface area contributed by atoms with Crippen LogP contribution in [0, 0.1) is 0 Å². The number of ether oxygens (including phenoxy) is 3. The summed E-state index contributed by atoms with van der Waals surface area (Å²) in [4.78, 5) is 22.9. The van der Waals surface area contributed by atoms with Gasteiger partial charge in [-0.15, -0.1) is 11.3 Å². The number of halogens is 1. The van der Waals surface area contributed by atoms with Crippen molar-refractivity contribution in [1.82, 2.24) is 9.97 Å². The SMILES string of the molecule is COc1cc(/C=N/N(C(=O)c2nc3ccccc3s2)c2nc3ccc(Br)cc3s2)cc(OC)c1OC. The summed E-state index contributed by atoms with van der Waals surface area (Å²) >= 11 is 6.17. The van der Waals surface area contributed by atoms with E-state index in [1.165, 1.54) is 34.8 Å². The van der Waals surface area contributed by atoms with Gasteiger partial charge in [0.1, 0.15) is 0 Å². The second kappa shape index (κ2) is 10.2. The fourth-order valence-corrected chi connectivity index (χ4v) is 5.89. The molecule has 0 unspecified atom stereocenters. The normalized spacial score (nSPS) is 11.3. The smallest absolute Gasteiger partial charge is 0.309 e. The van der Waals surface area contributed by atoms with Crippen LogP contribution in [0.1, 0.15) is 15.4 Å². The topological polar surface area (TPSA) is 86.1 Å². The number of aromatic nitrogens is 2. The lowest BCUT2D eigenvalue weighted by Gasteiger charge is -2.14. The Bertz CT molecular complexity index is 1560. The molecule has 0 aliphatic carbocycles. The quantitative estimate of drug-likeness (QED) is 0.163. The number of anilines is 1. The van der Waals surface area contributed by atoms with Crippen molar-refractivity contribution in [3.63, 3.8) is 0 Å². The zero-order chi connectivity index (χ0) is 25.2. The summed E-state index contributed by atoms with van der Waals surface area (Å²) in [5, 5.41) is 6.57. The average molecular weight is 583 g/mol. The van der Waals surface area contributed by atoms with Gasteiger partial charge in [0.15, 0.2) is 16.5 Å². The van der Waals surface area contributed by atoms with Crippen LogP contribution in [0.4, 0.5) is 5.13 Å². The van der Waals surface area contributed by atoms with Crippen LogP contribution in [0.2, 0.25) is 0 Å². The maximum absolute atomic E-state index is 13.7. The lowest BCUT2D eigenvalue weighted by Crippen LogP contribution is -2.25.